The van der Waals surface area contributed by atoms with Crippen molar-refractivity contribution in [1.29, 1.82) is 0 Å². The summed E-state index contributed by atoms with van der Waals surface area (Å²) in [5, 5.41) is 0. The molecule has 0 unspecified atom stereocenters. The standard InChI is InChI=1S/C10H20F2O3S.C3H7N/c11-10(12)8-6-4-2-1-3-5-7-9-16(13,14)15;1-2-3-4/h10H,1-9H2,(H,13,14,15);2H,1,3-4H2. The number of alkyl halides is 2. The molecular weight excluding hydrogens is 288 g/mol. The van der Waals surface area contributed by atoms with Crippen LogP contribution in [0, 0.1) is 0 Å². The Morgan fingerprint density at radius 3 is 1.80 bits per heavy atom. The first-order chi connectivity index (χ1) is 9.33. The lowest BCUT2D eigenvalue weighted by atomic mass is 10.1. The van der Waals surface area contributed by atoms with Crippen LogP contribution in [0.4, 0.5) is 8.78 Å². The van der Waals surface area contributed by atoms with E-state index >= 15 is 0 Å². The Kier molecular flexibility index (Phi) is 16.2. The Balaban J connectivity index is 0. The molecule has 0 rings (SSSR count). The van der Waals surface area contributed by atoms with Crippen LogP contribution >= 0.6 is 0 Å². The summed E-state index contributed by atoms with van der Waals surface area (Å²) in [6.07, 6.45) is 4.77. The molecule has 0 aliphatic rings. The maximum absolute atomic E-state index is 11.7. The Hall–Kier alpha value is -0.530. The van der Waals surface area contributed by atoms with E-state index in [0.29, 0.717) is 19.4 Å². The molecule has 0 aliphatic heterocycles. The fourth-order valence-electron chi connectivity index (χ4n) is 1.47. The molecule has 0 radical (unpaired) electrons. The third-order valence-electron chi connectivity index (χ3n) is 2.49. The number of unbranched alkanes of at least 4 members (excludes halogenated alkanes) is 6. The Labute approximate surface area is 121 Å². The highest BCUT2D eigenvalue weighted by Gasteiger charge is 2.03. The van der Waals surface area contributed by atoms with Crippen LogP contribution in [-0.4, -0.2) is 31.7 Å². The van der Waals surface area contributed by atoms with E-state index < -0.39 is 16.5 Å². The van der Waals surface area contributed by atoms with Crippen molar-refractivity contribution in [3.05, 3.63) is 12.7 Å². The molecule has 3 N–H and O–H groups in total. The van der Waals surface area contributed by atoms with Crippen LogP contribution in [0.1, 0.15) is 51.4 Å². The van der Waals surface area contributed by atoms with E-state index in [1.807, 2.05) is 0 Å². The van der Waals surface area contributed by atoms with Crippen molar-refractivity contribution in [2.75, 3.05) is 12.3 Å². The highest BCUT2D eigenvalue weighted by atomic mass is 32.2. The van der Waals surface area contributed by atoms with Crippen molar-refractivity contribution in [1.82, 2.24) is 0 Å². The molecule has 0 saturated heterocycles. The maximum Gasteiger partial charge on any atom is 0.264 e. The van der Waals surface area contributed by atoms with Crippen molar-refractivity contribution in [2.45, 2.75) is 57.8 Å². The topological polar surface area (TPSA) is 80.4 Å². The summed E-state index contributed by atoms with van der Waals surface area (Å²) in [7, 11) is -3.82. The second-order valence-corrected chi connectivity index (χ2v) is 6.04. The number of hydrogen-bond acceptors (Lipinski definition) is 3. The Morgan fingerprint density at radius 1 is 1.05 bits per heavy atom. The van der Waals surface area contributed by atoms with Gasteiger partial charge >= 0.3 is 0 Å². The quantitative estimate of drug-likeness (QED) is 0.348. The lowest BCUT2D eigenvalue weighted by Gasteiger charge is -2.01. The molecule has 0 fully saturated rings. The van der Waals surface area contributed by atoms with E-state index in [-0.39, 0.29) is 12.2 Å². The van der Waals surface area contributed by atoms with Gasteiger partial charge in [-0.15, -0.1) is 6.58 Å². The fraction of sp³-hybridized carbons (Fsp3) is 0.846. The predicted octanol–water partition coefficient (Wildman–Crippen LogP) is 3.39. The van der Waals surface area contributed by atoms with Crippen LogP contribution in [0.25, 0.3) is 0 Å². The summed E-state index contributed by atoms with van der Waals surface area (Å²) in [4.78, 5) is 0. The van der Waals surface area contributed by atoms with E-state index in [1.165, 1.54) is 0 Å². The molecule has 0 spiro atoms. The summed E-state index contributed by atoms with van der Waals surface area (Å²) in [6.45, 7) is 3.94. The van der Waals surface area contributed by atoms with Crippen LogP contribution in [0.3, 0.4) is 0 Å². The second-order valence-electron chi connectivity index (χ2n) is 4.47. The largest absolute Gasteiger partial charge is 0.327 e. The van der Waals surface area contributed by atoms with E-state index in [0.717, 1.165) is 32.1 Å². The molecule has 4 nitrogen and oxygen atoms in total. The first-order valence-electron chi connectivity index (χ1n) is 6.87. The van der Waals surface area contributed by atoms with Crippen molar-refractivity contribution in [3.8, 4) is 0 Å². The van der Waals surface area contributed by atoms with Crippen LogP contribution in [0.5, 0.6) is 0 Å². The lowest BCUT2D eigenvalue weighted by molar-refractivity contribution is 0.133. The number of hydrogen-bond donors (Lipinski definition) is 2. The van der Waals surface area contributed by atoms with Crippen LogP contribution in [0.2, 0.25) is 0 Å². The van der Waals surface area contributed by atoms with Gasteiger partial charge in [-0.25, -0.2) is 8.78 Å². The van der Waals surface area contributed by atoms with Gasteiger partial charge in [0.2, 0.25) is 6.43 Å². The van der Waals surface area contributed by atoms with E-state index in [2.05, 4.69) is 6.58 Å². The molecule has 0 saturated carbocycles. The summed E-state index contributed by atoms with van der Waals surface area (Å²) in [5.41, 5.74) is 4.91. The Bertz CT molecular complexity index is 309. The highest BCUT2D eigenvalue weighted by Crippen LogP contribution is 2.11. The number of rotatable bonds is 11. The number of nitrogens with two attached hydrogens (primary N) is 1. The normalized spacial score (nSPS) is 11.1. The first kappa shape index (κ1) is 21.8. The summed E-state index contributed by atoms with van der Waals surface area (Å²) in [6, 6.07) is 0. The molecule has 7 heteroatoms. The summed E-state index contributed by atoms with van der Waals surface area (Å²) < 4.78 is 52.6. The third-order valence-corrected chi connectivity index (χ3v) is 3.30. The minimum atomic E-state index is -3.82. The average molecular weight is 315 g/mol. The molecular formula is C13H27F2NO3S. The zero-order chi connectivity index (χ0) is 15.9. The van der Waals surface area contributed by atoms with Crippen molar-refractivity contribution >= 4 is 10.1 Å². The maximum atomic E-state index is 11.7. The van der Waals surface area contributed by atoms with E-state index in [1.54, 1.807) is 6.08 Å². The molecule has 0 aromatic heterocycles. The van der Waals surface area contributed by atoms with Crippen molar-refractivity contribution < 1.29 is 21.8 Å². The third kappa shape index (κ3) is 26.1. The molecule has 122 valence electrons. The van der Waals surface area contributed by atoms with Gasteiger partial charge < -0.3 is 5.73 Å². The molecule has 20 heavy (non-hydrogen) atoms. The first-order valence-corrected chi connectivity index (χ1v) is 8.48. The molecule has 0 atom stereocenters. The van der Waals surface area contributed by atoms with Crippen LogP contribution in [0.15, 0.2) is 12.7 Å². The van der Waals surface area contributed by atoms with Gasteiger partial charge in [0, 0.05) is 13.0 Å². The van der Waals surface area contributed by atoms with Crippen LogP contribution < -0.4 is 5.73 Å². The monoisotopic (exact) mass is 315 g/mol. The van der Waals surface area contributed by atoms with Gasteiger partial charge in [0.25, 0.3) is 10.1 Å². The van der Waals surface area contributed by atoms with Crippen molar-refractivity contribution in [3.63, 3.8) is 0 Å². The van der Waals surface area contributed by atoms with Gasteiger partial charge in [-0.05, 0) is 12.8 Å². The SMILES string of the molecule is C=CCN.O=S(=O)(O)CCCCCCCCCC(F)F. The van der Waals surface area contributed by atoms with Gasteiger partial charge in [0.15, 0.2) is 0 Å². The highest BCUT2D eigenvalue weighted by molar-refractivity contribution is 7.85. The fourth-order valence-corrected chi connectivity index (χ4v) is 2.04. The lowest BCUT2D eigenvalue weighted by Crippen LogP contribution is -2.03. The van der Waals surface area contributed by atoms with Gasteiger partial charge in [-0.2, -0.15) is 8.42 Å². The zero-order valence-corrected chi connectivity index (χ0v) is 12.8. The minimum Gasteiger partial charge on any atom is -0.327 e. The van der Waals surface area contributed by atoms with Gasteiger partial charge in [-0.1, -0.05) is 38.2 Å². The number of halogens is 2. The zero-order valence-electron chi connectivity index (χ0n) is 11.9. The smallest absolute Gasteiger partial charge is 0.264 e. The second kappa shape index (κ2) is 14.9. The molecule has 0 aromatic carbocycles. The van der Waals surface area contributed by atoms with Gasteiger partial charge in [0.05, 0.1) is 5.75 Å². The minimum absolute atomic E-state index is 0.0250. The molecule has 0 heterocycles. The van der Waals surface area contributed by atoms with Gasteiger partial charge in [0.1, 0.15) is 0 Å². The van der Waals surface area contributed by atoms with Crippen molar-refractivity contribution in [2.24, 2.45) is 5.73 Å². The van der Waals surface area contributed by atoms with E-state index in [4.69, 9.17) is 10.3 Å². The van der Waals surface area contributed by atoms with E-state index in [9.17, 15) is 17.2 Å². The molecule has 0 bridgehead atoms. The average Bonchev–Trinajstić information content (AvgIpc) is 2.35. The summed E-state index contributed by atoms with van der Waals surface area (Å²) in [5.74, 6) is -0.182. The Morgan fingerprint density at radius 2 is 1.45 bits per heavy atom. The summed E-state index contributed by atoms with van der Waals surface area (Å²) >= 11 is 0. The van der Waals surface area contributed by atoms with Gasteiger partial charge in [-0.3, -0.25) is 4.55 Å². The molecule has 0 aromatic rings. The molecule has 0 amide bonds. The van der Waals surface area contributed by atoms with Crippen LogP contribution in [-0.2, 0) is 10.1 Å². The predicted molar refractivity (Wildman–Crippen MR) is 78.6 cm³/mol. The molecule has 0 aliphatic carbocycles.